The molecule has 2 saturated carbocycles. The zero-order chi connectivity index (χ0) is 15.8. The summed E-state index contributed by atoms with van der Waals surface area (Å²) in [5, 5.41) is 10.9. The van der Waals surface area contributed by atoms with E-state index in [9.17, 15) is 5.11 Å². The summed E-state index contributed by atoms with van der Waals surface area (Å²) >= 11 is 0. The molecule has 0 spiro atoms. The number of hydrogen-bond donors (Lipinski definition) is 1. The summed E-state index contributed by atoms with van der Waals surface area (Å²) in [6, 6.07) is 0. The molecule has 0 aromatic rings. The Bertz CT molecular complexity index is 353. The van der Waals surface area contributed by atoms with Gasteiger partial charge in [0.15, 0.2) is 0 Å². The van der Waals surface area contributed by atoms with E-state index < -0.39 is 0 Å². The van der Waals surface area contributed by atoms with E-state index in [2.05, 4.69) is 51.5 Å². The van der Waals surface area contributed by atoms with Crippen molar-refractivity contribution in [3.63, 3.8) is 0 Å². The highest BCUT2D eigenvalue weighted by Gasteiger charge is 2.65. The Balaban J connectivity index is 1.92. The van der Waals surface area contributed by atoms with Crippen LogP contribution in [0.25, 0.3) is 0 Å². The maximum absolute atomic E-state index is 10.9. The van der Waals surface area contributed by atoms with Crippen molar-refractivity contribution < 1.29 is 5.11 Å². The number of rotatable bonds is 7. The SMILES string of the molecule is CCN(CC)CCN(C)CC1C2CCC(C)(C1O)C2(C)C. The Kier molecular flexibility index (Phi) is 5.07. The van der Waals surface area contributed by atoms with E-state index >= 15 is 0 Å². The molecule has 124 valence electrons. The van der Waals surface area contributed by atoms with E-state index in [0.29, 0.717) is 11.8 Å². The number of fused-ring (bicyclic) bond motifs is 2. The first-order valence-corrected chi connectivity index (χ1v) is 8.86. The van der Waals surface area contributed by atoms with Gasteiger partial charge < -0.3 is 14.9 Å². The molecule has 2 aliphatic carbocycles. The van der Waals surface area contributed by atoms with Gasteiger partial charge in [0.2, 0.25) is 0 Å². The van der Waals surface area contributed by atoms with Crippen LogP contribution in [0.3, 0.4) is 0 Å². The van der Waals surface area contributed by atoms with Crippen molar-refractivity contribution in [2.75, 3.05) is 39.8 Å². The van der Waals surface area contributed by atoms with Crippen molar-refractivity contribution in [1.82, 2.24) is 9.80 Å². The molecule has 2 fully saturated rings. The summed E-state index contributed by atoms with van der Waals surface area (Å²) in [6.07, 6.45) is 2.38. The molecular formula is C18H36N2O. The van der Waals surface area contributed by atoms with Crippen LogP contribution in [-0.2, 0) is 0 Å². The van der Waals surface area contributed by atoms with Crippen LogP contribution in [0.5, 0.6) is 0 Å². The average molecular weight is 296 g/mol. The fourth-order valence-corrected chi connectivity index (χ4v) is 5.06. The molecule has 3 heteroatoms. The molecule has 2 aliphatic rings. The van der Waals surface area contributed by atoms with Crippen molar-refractivity contribution in [3.8, 4) is 0 Å². The molecule has 1 N–H and O–H groups in total. The summed E-state index contributed by atoms with van der Waals surface area (Å²) in [5.41, 5.74) is 0.416. The molecular weight excluding hydrogens is 260 g/mol. The van der Waals surface area contributed by atoms with Crippen LogP contribution in [0.1, 0.15) is 47.5 Å². The third kappa shape index (κ3) is 2.77. The van der Waals surface area contributed by atoms with Gasteiger partial charge in [-0.15, -0.1) is 0 Å². The zero-order valence-corrected chi connectivity index (χ0v) is 15.0. The lowest BCUT2D eigenvalue weighted by Crippen LogP contribution is -2.42. The molecule has 21 heavy (non-hydrogen) atoms. The lowest BCUT2D eigenvalue weighted by molar-refractivity contribution is -0.0170. The minimum Gasteiger partial charge on any atom is -0.392 e. The highest BCUT2D eigenvalue weighted by atomic mass is 16.3. The molecule has 0 radical (unpaired) electrons. The van der Waals surface area contributed by atoms with Gasteiger partial charge in [0.25, 0.3) is 0 Å². The summed E-state index contributed by atoms with van der Waals surface area (Å²) in [7, 11) is 2.22. The molecule has 0 aliphatic heterocycles. The van der Waals surface area contributed by atoms with Gasteiger partial charge in [-0.05, 0) is 49.7 Å². The monoisotopic (exact) mass is 296 g/mol. The van der Waals surface area contributed by atoms with Crippen molar-refractivity contribution in [3.05, 3.63) is 0 Å². The molecule has 0 aromatic heterocycles. The molecule has 3 nitrogen and oxygen atoms in total. The second-order valence-corrected chi connectivity index (χ2v) is 8.18. The first kappa shape index (κ1) is 17.2. The van der Waals surface area contributed by atoms with Crippen LogP contribution in [0.2, 0.25) is 0 Å². The predicted molar refractivity (Wildman–Crippen MR) is 89.4 cm³/mol. The van der Waals surface area contributed by atoms with E-state index in [1.165, 1.54) is 12.8 Å². The topological polar surface area (TPSA) is 26.7 Å². The molecule has 4 unspecified atom stereocenters. The predicted octanol–water partition coefficient (Wildman–Crippen LogP) is 2.69. The smallest absolute Gasteiger partial charge is 0.0642 e. The second-order valence-electron chi connectivity index (χ2n) is 8.18. The first-order valence-electron chi connectivity index (χ1n) is 8.86. The Morgan fingerprint density at radius 3 is 2.19 bits per heavy atom. The van der Waals surface area contributed by atoms with Crippen molar-refractivity contribution >= 4 is 0 Å². The van der Waals surface area contributed by atoms with Gasteiger partial charge in [0.1, 0.15) is 0 Å². The average Bonchev–Trinajstić information content (AvgIpc) is 2.74. The van der Waals surface area contributed by atoms with Gasteiger partial charge in [-0.3, -0.25) is 0 Å². The largest absolute Gasteiger partial charge is 0.392 e. The van der Waals surface area contributed by atoms with Crippen LogP contribution >= 0.6 is 0 Å². The van der Waals surface area contributed by atoms with Gasteiger partial charge in [0, 0.05) is 25.6 Å². The Labute approximate surface area is 131 Å². The molecule has 0 aromatic carbocycles. The maximum atomic E-state index is 10.9. The third-order valence-corrected chi connectivity index (χ3v) is 7.16. The molecule has 0 saturated heterocycles. The van der Waals surface area contributed by atoms with Crippen LogP contribution in [0, 0.1) is 22.7 Å². The van der Waals surface area contributed by atoms with E-state index in [1.54, 1.807) is 0 Å². The lowest BCUT2D eigenvalue weighted by Gasteiger charge is -2.37. The standard InChI is InChI=1S/C18H36N2O/c1-7-20(8-2)12-11-19(6)13-14-15-9-10-18(5,16(14)21)17(15,3)4/h14-16,21H,7-13H2,1-6H3. The number of likely N-dealkylation sites (N-methyl/N-ethyl adjacent to an activating group) is 2. The number of aliphatic hydroxyl groups is 1. The van der Waals surface area contributed by atoms with Crippen LogP contribution in [0.15, 0.2) is 0 Å². The quantitative estimate of drug-likeness (QED) is 0.782. The summed E-state index contributed by atoms with van der Waals surface area (Å²) < 4.78 is 0. The number of aliphatic hydroxyl groups excluding tert-OH is 1. The highest BCUT2D eigenvalue weighted by molar-refractivity contribution is 5.14. The minimum atomic E-state index is -0.123. The molecule has 0 heterocycles. The van der Waals surface area contributed by atoms with Gasteiger partial charge in [-0.25, -0.2) is 0 Å². The zero-order valence-electron chi connectivity index (χ0n) is 15.0. The number of hydrogen-bond acceptors (Lipinski definition) is 3. The minimum absolute atomic E-state index is 0.123. The van der Waals surface area contributed by atoms with Crippen molar-refractivity contribution in [1.29, 1.82) is 0 Å². The maximum Gasteiger partial charge on any atom is 0.0642 e. The van der Waals surface area contributed by atoms with E-state index in [1.807, 2.05) is 0 Å². The summed E-state index contributed by atoms with van der Waals surface area (Å²) in [5.74, 6) is 1.15. The summed E-state index contributed by atoms with van der Waals surface area (Å²) in [4.78, 5) is 4.91. The Morgan fingerprint density at radius 1 is 1.10 bits per heavy atom. The normalized spacial score (nSPS) is 37.9. The molecule has 2 bridgehead atoms. The second kappa shape index (κ2) is 6.17. The van der Waals surface area contributed by atoms with Gasteiger partial charge in [0.05, 0.1) is 6.10 Å². The van der Waals surface area contributed by atoms with Gasteiger partial charge >= 0.3 is 0 Å². The van der Waals surface area contributed by atoms with Crippen LogP contribution in [-0.4, -0.2) is 60.8 Å². The molecule has 2 rings (SSSR count). The lowest BCUT2D eigenvalue weighted by atomic mass is 9.70. The van der Waals surface area contributed by atoms with E-state index in [4.69, 9.17) is 0 Å². The van der Waals surface area contributed by atoms with E-state index in [-0.39, 0.29) is 16.9 Å². The summed E-state index contributed by atoms with van der Waals surface area (Å²) in [6.45, 7) is 17.1. The highest BCUT2D eigenvalue weighted by Crippen LogP contribution is 2.67. The molecule has 0 amide bonds. The first-order chi connectivity index (χ1) is 9.77. The fraction of sp³-hybridized carbons (Fsp3) is 1.00. The van der Waals surface area contributed by atoms with Crippen molar-refractivity contribution in [2.24, 2.45) is 22.7 Å². The number of nitrogens with zero attached hydrogens (tertiary/aromatic N) is 2. The van der Waals surface area contributed by atoms with Crippen LogP contribution in [0.4, 0.5) is 0 Å². The van der Waals surface area contributed by atoms with E-state index in [0.717, 1.165) is 32.7 Å². The fourth-order valence-electron chi connectivity index (χ4n) is 5.06. The third-order valence-electron chi connectivity index (χ3n) is 7.16. The van der Waals surface area contributed by atoms with Crippen molar-refractivity contribution in [2.45, 2.75) is 53.6 Å². The Hall–Kier alpha value is -0.120. The Morgan fingerprint density at radius 2 is 1.71 bits per heavy atom. The van der Waals surface area contributed by atoms with Gasteiger partial charge in [-0.1, -0.05) is 34.6 Å². The van der Waals surface area contributed by atoms with Gasteiger partial charge in [-0.2, -0.15) is 0 Å². The van der Waals surface area contributed by atoms with Crippen LogP contribution < -0.4 is 0 Å². The molecule has 4 atom stereocenters.